The summed E-state index contributed by atoms with van der Waals surface area (Å²) in [4.78, 5) is 0. The predicted molar refractivity (Wildman–Crippen MR) is 132 cm³/mol. The number of halogens is 2. The Morgan fingerprint density at radius 2 is 1.57 bits per heavy atom. The van der Waals surface area contributed by atoms with Gasteiger partial charge in [-0.2, -0.15) is 0 Å². The van der Waals surface area contributed by atoms with Crippen LogP contribution in [-0.2, 0) is 6.54 Å². The molecule has 144 valence electrons. The second-order valence-corrected chi connectivity index (χ2v) is 9.16. The number of aliphatic hydroxyl groups excluding tert-OH is 1. The van der Waals surface area contributed by atoms with E-state index >= 15 is 0 Å². The van der Waals surface area contributed by atoms with E-state index in [4.69, 9.17) is 4.74 Å². The summed E-state index contributed by atoms with van der Waals surface area (Å²) in [6.45, 7) is 0.958. The van der Waals surface area contributed by atoms with Crippen LogP contribution in [0.5, 0.6) is 5.75 Å². The molecule has 0 fully saturated rings. The molecule has 0 spiro atoms. The van der Waals surface area contributed by atoms with Crippen LogP contribution in [0.3, 0.4) is 0 Å². The molecule has 1 atom stereocenters. The highest BCUT2D eigenvalue weighted by Gasteiger charge is 2.15. The summed E-state index contributed by atoms with van der Waals surface area (Å²) in [5, 5.41) is 16.5. The fourth-order valence-corrected chi connectivity index (χ4v) is 4.52. The molecule has 6 heteroatoms. The average Bonchev–Trinajstić information content (AvgIpc) is 2.98. The van der Waals surface area contributed by atoms with Gasteiger partial charge in [0.15, 0.2) is 0 Å². The van der Waals surface area contributed by atoms with Crippen LogP contribution < -0.4 is 10.1 Å². The Kier molecular flexibility index (Phi) is 5.98. The van der Waals surface area contributed by atoms with Crippen molar-refractivity contribution >= 4 is 72.7 Å². The molecule has 1 unspecified atom stereocenters. The fraction of sp³-hybridized carbons (Fsp3) is 0.182. The Morgan fingerprint density at radius 1 is 0.964 bits per heavy atom. The first-order valence-electron chi connectivity index (χ1n) is 8.99. The summed E-state index contributed by atoms with van der Waals surface area (Å²) >= 11 is 4.70. The van der Waals surface area contributed by atoms with Gasteiger partial charge >= 0.3 is 0 Å². The lowest BCUT2D eigenvalue weighted by atomic mass is 10.2. The van der Waals surface area contributed by atoms with E-state index in [1.165, 1.54) is 17.9 Å². The van der Waals surface area contributed by atoms with Gasteiger partial charge in [0, 0.05) is 35.5 Å². The van der Waals surface area contributed by atoms with Gasteiger partial charge in [-0.25, -0.2) is 0 Å². The first-order chi connectivity index (χ1) is 13.6. The number of rotatable bonds is 6. The van der Waals surface area contributed by atoms with Crippen LogP contribution in [0.2, 0.25) is 0 Å². The molecule has 4 rings (SSSR count). The number of fused-ring (bicyclic) bond motifs is 3. The monoisotopic (exact) mass is 598 g/mol. The summed E-state index contributed by atoms with van der Waals surface area (Å²) < 4.78 is 10.0. The molecule has 28 heavy (non-hydrogen) atoms. The molecule has 2 N–H and O–H groups in total. The molecular formula is C22H20I2N2O2. The number of nitrogens with zero attached hydrogens (tertiary/aromatic N) is 1. The highest BCUT2D eigenvalue weighted by molar-refractivity contribution is 14.1. The van der Waals surface area contributed by atoms with E-state index in [0.29, 0.717) is 13.1 Å². The lowest BCUT2D eigenvalue weighted by Gasteiger charge is -2.17. The summed E-state index contributed by atoms with van der Waals surface area (Å²) in [6, 6.07) is 20.7. The van der Waals surface area contributed by atoms with Gasteiger partial charge in [0.1, 0.15) is 5.75 Å². The fourth-order valence-electron chi connectivity index (χ4n) is 3.54. The van der Waals surface area contributed by atoms with Crippen molar-refractivity contribution in [1.82, 2.24) is 4.57 Å². The number of aromatic nitrogens is 1. The average molecular weight is 598 g/mol. The number of hydrogen-bond donors (Lipinski definition) is 2. The van der Waals surface area contributed by atoms with E-state index < -0.39 is 6.10 Å². The van der Waals surface area contributed by atoms with Crippen molar-refractivity contribution in [3.05, 3.63) is 67.8 Å². The number of nitrogens with one attached hydrogen (secondary N) is 1. The molecule has 0 aliphatic carbocycles. The molecule has 0 saturated heterocycles. The number of anilines is 1. The molecule has 0 aliphatic rings. The molecular weight excluding hydrogens is 578 g/mol. The van der Waals surface area contributed by atoms with Gasteiger partial charge in [-0.3, -0.25) is 0 Å². The van der Waals surface area contributed by atoms with Crippen molar-refractivity contribution in [2.24, 2.45) is 0 Å². The minimum absolute atomic E-state index is 0.441. The van der Waals surface area contributed by atoms with E-state index in [0.717, 1.165) is 22.5 Å². The number of aliphatic hydroxyl groups is 1. The van der Waals surface area contributed by atoms with Crippen molar-refractivity contribution < 1.29 is 9.84 Å². The number of benzene rings is 3. The Balaban J connectivity index is 1.63. The minimum Gasteiger partial charge on any atom is -0.495 e. The van der Waals surface area contributed by atoms with Crippen LogP contribution in [0.15, 0.2) is 60.7 Å². The van der Waals surface area contributed by atoms with Crippen molar-refractivity contribution in [2.75, 3.05) is 19.0 Å². The van der Waals surface area contributed by atoms with Gasteiger partial charge < -0.3 is 19.7 Å². The largest absolute Gasteiger partial charge is 0.495 e. The maximum absolute atomic E-state index is 10.7. The first-order valence-corrected chi connectivity index (χ1v) is 11.1. The highest BCUT2D eigenvalue weighted by Crippen LogP contribution is 2.32. The third-order valence-electron chi connectivity index (χ3n) is 4.82. The van der Waals surface area contributed by atoms with E-state index in [2.05, 4.69) is 91.5 Å². The normalized spacial score (nSPS) is 12.4. The van der Waals surface area contributed by atoms with Crippen molar-refractivity contribution in [2.45, 2.75) is 12.6 Å². The van der Waals surface area contributed by atoms with Crippen LogP contribution in [0.4, 0.5) is 5.69 Å². The van der Waals surface area contributed by atoms with Crippen LogP contribution in [-0.4, -0.2) is 29.4 Å². The summed E-state index contributed by atoms with van der Waals surface area (Å²) in [5.41, 5.74) is 3.18. The molecule has 4 nitrogen and oxygen atoms in total. The quantitative estimate of drug-likeness (QED) is 0.289. The molecule has 1 heterocycles. The van der Waals surface area contributed by atoms with Crippen LogP contribution in [0.25, 0.3) is 21.8 Å². The molecule has 0 radical (unpaired) electrons. The molecule has 0 aliphatic heterocycles. The van der Waals surface area contributed by atoms with Gasteiger partial charge in [0.25, 0.3) is 0 Å². The van der Waals surface area contributed by atoms with Gasteiger partial charge in [-0.05, 0) is 93.7 Å². The maximum Gasteiger partial charge on any atom is 0.141 e. The lowest BCUT2D eigenvalue weighted by Crippen LogP contribution is -2.25. The smallest absolute Gasteiger partial charge is 0.141 e. The second kappa shape index (κ2) is 8.46. The number of ether oxygens (including phenoxy) is 1. The van der Waals surface area contributed by atoms with Crippen LogP contribution >= 0.6 is 45.2 Å². The third-order valence-corrected chi connectivity index (χ3v) is 6.16. The minimum atomic E-state index is -0.540. The van der Waals surface area contributed by atoms with Gasteiger partial charge in [0.2, 0.25) is 0 Å². The van der Waals surface area contributed by atoms with Gasteiger partial charge in [-0.1, -0.05) is 12.1 Å². The number of para-hydroxylation sites is 2. The van der Waals surface area contributed by atoms with Gasteiger partial charge in [0.05, 0.1) is 25.4 Å². The molecule has 4 aromatic rings. The van der Waals surface area contributed by atoms with E-state index in [9.17, 15) is 5.11 Å². The maximum atomic E-state index is 10.7. The first kappa shape index (κ1) is 19.8. The molecule has 3 aromatic carbocycles. The lowest BCUT2D eigenvalue weighted by molar-refractivity contribution is 0.169. The number of hydrogen-bond acceptors (Lipinski definition) is 3. The highest BCUT2D eigenvalue weighted by atomic mass is 127. The Bertz CT molecular complexity index is 1080. The standard InChI is InChI=1S/C22H20I2N2O2/c1-28-22-5-3-2-4-19(22)25-12-16(27)13-26-20-8-6-14(23)10-17(20)18-11-15(24)7-9-21(18)26/h2-11,16,25,27H,12-13H2,1H3. The summed E-state index contributed by atoms with van der Waals surface area (Å²) in [6.07, 6.45) is -0.540. The van der Waals surface area contributed by atoms with Crippen molar-refractivity contribution in [3.8, 4) is 5.75 Å². The van der Waals surface area contributed by atoms with Crippen molar-refractivity contribution in [1.29, 1.82) is 0 Å². The molecule has 0 bridgehead atoms. The topological polar surface area (TPSA) is 46.4 Å². The third kappa shape index (κ3) is 3.95. The SMILES string of the molecule is COc1ccccc1NCC(O)Cn1c2ccc(I)cc2c2cc(I)ccc21. The zero-order valence-corrected chi connectivity index (χ0v) is 19.6. The predicted octanol–water partition coefficient (Wildman–Crippen LogP) is 5.49. The van der Waals surface area contributed by atoms with Crippen molar-refractivity contribution in [3.63, 3.8) is 0 Å². The zero-order chi connectivity index (χ0) is 19.7. The van der Waals surface area contributed by atoms with Crippen LogP contribution in [0.1, 0.15) is 0 Å². The summed E-state index contributed by atoms with van der Waals surface area (Å²) in [7, 11) is 1.65. The Labute approximate surface area is 191 Å². The second-order valence-electron chi connectivity index (χ2n) is 6.67. The Morgan fingerprint density at radius 3 is 2.18 bits per heavy atom. The zero-order valence-electron chi connectivity index (χ0n) is 15.3. The van der Waals surface area contributed by atoms with E-state index in [1.807, 2.05) is 24.3 Å². The molecule has 0 saturated carbocycles. The molecule has 1 aromatic heterocycles. The Hall–Kier alpha value is -1.52. The number of methoxy groups -OCH3 is 1. The summed E-state index contributed by atoms with van der Waals surface area (Å²) in [5.74, 6) is 0.774. The molecule has 0 amide bonds. The van der Waals surface area contributed by atoms with Crippen LogP contribution in [0, 0.1) is 7.14 Å². The van der Waals surface area contributed by atoms with E-state index in [-0.39, 0.29) is 0 Å². The van der Waals surface area contributed by atoms with E-state index in [1.54, 1.807) is 7.11 Å². The van der Waals surface area contributed by atoms with Gasteiger partial charge in [-0.15, -0.1) is 0 Å².